The predicted molar refractivity (Wildman–Crippen MR) is 95.6 cm³/mol. The number of ketones is 2. The molecule has 0 aliphatic heterocycles. The zero-order valence-electron chi connectivity index (χ0n) is 15.1. The Bertz CT molecular complexity index is 895. The van der Waals surface area contributed by atoms with Crippen LogP contribution in [0.5, 0.6) is 0 Å². The Morgan fingerprint density at radius 1 is 1.08 bits per heavy atom. The number of amides is 1. The number of aryl methyl sites for hydroxylation is 1. The van der Waals surface area contributed by atoms with E-state index in [1.165, 1.54) is 13.8 Å². The van der Waals surface area contributed by atoms with Gasteiger partial charge in [-0.2, -0.15) is 0 Å². The third-order valence-electron chi connectivity index (χ3n) is 3.88. The van der Waals surface area contributed by atoms with Crippen LogP contribution >= 0.6 is 0 Å². The summed E-state index contributed by atoms with van der Waals surface area (Å²) in [6.45, 7) is 5.69. The number of ether oxygens (including phenoxy) is 1. The highest BCUT2D eigenvalue weighted by Gasteiger charge is 2.21. The first-order valence-electron chi connectivity index (χ1n) is 7.98. The van der Waals surface area contributed by atoms with Crippen LogP contribution in [0.1, 0.15) is 56.3 Å². The number of Topliss-reactive ketones (excluding diaryl/α,β-unsaturated/α-hetero) is 2. The molecule has 1 amide bonds. The number of hydrogen-bond donors (Lipinski definition) is 2. The fourth-order valence-electron chi connectivity index (χ4n) is 2.70. The van der Waals surface area contributed by atoms with Crippen LogP contribution in [0.25, 0.3) is 0 Å². The van der Waals surface area contributed by atoms with Gasteiger partial charge in [-0.3, -0.25) is 14.4 Å². The summed E-state index contributed by atoms with van der Waals surface area (Å²) in [4.78, 5) is 49.9. The molecule has 0 fully saturated rings. The maximum atomic E-state index is 12.2. The van der Waals surface area contributed by atoms with Crippen LogP contribution in [0.4, 0.5) is 5.69 Å². The summed E-state index contributed by atoms with van der Waals surface area (Å²) in [5.74, 6) is -1.53. The molecule has 0 saturated carbocycles. The van der Waals surface area contributed by atoms with Gasteiger partial charge in [0.05, 0.1) is 0 Å². The van der Waals surface area contributed by atoms with Gasteiger partial charge in [0.25, 0.3) is 5.91 Å². The number of aromatic nitrogens is 1. The molecule has 0 atom stereocenters. The highest BCUT2D eigenvalue weighted by molar-refractivity contribution is 6.02. The van der Waals surface area contributed by atoms with Gasteiger partial charge in [-0.05, 0) is 45.4 Å². The summed E-state index contributed by atoms with van der Waals surface area (Å²) >= 11 is 0. The lowest BCUT2D eigenvalue weighted by atomic mass is 10.1. The van der Waals surface area contributed by atoms with E-state index in [0.29, 0.717) is 28.1 Å². The molecule has 1 aromatic carbocycles. The van der Waals surface area contributed by atoms with Crippen molar-refractivity contribution < 1.29 is 23.9 Å². The fourth-order valence-corrected chi connectivity index (χ4v) is 2.70. The Balaban J connectivity index is 2.00. The molecule has 2 aromatic rings. The quantitative estimate of drug-likeness (QED) is 0.611. The molecule has 2 N–H and O–H groups in total. The molecule has 0 unspecified atom stereocenters. The molecule has 0 saturated heterocycles. The zero-order valence-corrected chi connectivity index (χ0v) is 15.1. The average Bonchev–Trinajstić information content (AvgIpc) is 2.87. The van der Waals surface area contributed by atoms with Gasteiger partial charge >= 0.3 is 5.97 Å². The number of carbonyl (C=O) groups is 4. The molecule has 0 aliphatic carbocycles. The first kappa shape index (κ1) is 19.1. The molecule has 0 bridgehead atoms. The SMILES string of the molecule is CC(=O)c1cccc(NC(=O)COC(=O)c2[nH]c(C)c(C(C)=O)c2C)c1. The van der Waals surface area contributed by atoms with Crippen molar-refractivity contribution in [2.24, 2.45) is 0 Å². The van der Waals surface area contributed by atoms with Crippen LogP contribution in [0.15, 0.2) is 24.3 Å². The number of aromatic amines is 1. The second-order valence-electron chi connectivity index (χ2n) is 5.94. The summed E-state index contributed by atoms with van der Waals surface area (Å²) in [5, 5.41) is 2.56. The van der Waals surface area contributed by atoms with Crippen LogP contribution < -0.4 is 5.32 Å². The molecule has 0 spiro atoms. The van der Waals surface area contributed by atoms with Gasteiger partial charge in [-0.1, -0.05) is 12.1 Å². The van der Waals surface area contributed by atoms with Gasteiger partial charge in [-0.15, -0.1) is 0 Å². The molecule has 26 heavy (non-hydrogen) atoms. The molecule has 0 radical (unpaired) electrons. The van der Waals surface area contributed by atoms with Crippen LogP contribution in [-0.2, 0) is 9.53 Å². The number of carbonyl (C=O) groups excluding carboxylic acids is 4. The molecule has 7 nitrogen and oxygen atoms in total. The molecular formula is C19H20N2O5. The summed E-state index contributed by atoms with van der Waals surface area (Å²) in [7, 11) is 0. The first-order chi connectivity index (χ1) is 12.2. The van der Waals surface area contributed by atoms with Gasteiger partial charge in [0, 0.05) is 22.5 Å². The molecular weight excluding hydrogens is 336 g/mol. The third-order valence-corrected chi connectivity index (χ3v) is 3.88. The minimum absolute atomic E-state index is 0.119. The number of benzene rings is 1. The molecule has 1 heterocycles. The van der Waals surface area contributed by atoms with Gasteiger partial charge in [0.1, 0.15) is 5.69 Å². The first-order valence-corrected chi connectivity index (χ1v) is 7.98. The summed E-state index contributed by atoms with van der Waals surface area (Å²) < 4.78 is 5.01. The van der Waals surface area contributed by atoms with Crippen molar-refractivity contribution in [3.05, 3.63) is 52.3 Å². The topological polar surface area (TPSA) is 105 Å². The monoisotopic (exact) mass is 356 g/mol. The lowest BCUT2D eigenvalue weighted by Crippen LogP contribution is -2.21. The molecule has 7 heteroatoms. The summed E-state index contributed by atoms with van der Waals surface area (Å²) in [5.41, 5.74) is 2.57. The number of hydrogen-bond acceptors (Lipinski definition) is 5. The number of nitrogens with one attached hydrogen (secondary N) is 2. The average molecular weight is 356 g/mol. The van der Waals surface area contributed by atoms with Crippen molar-refractivity contribution in [1.82, 2.24) is 4.98 Å². The van der Waals surface area contributed by atoms with Crippen molar-refractivity contribution in [1.29, 1.82) is 0 Å². The Labute approximate surface area is 150 Å². The number of anilines is 1. The second-order valence-corrected chi connectivity index (χ2v) is 5.94. The van der Waals surface area contributed by atoms with E-state index in [2.05, 4.69) is 10.3 Å². The second kappa shape index (κ2) is 7.77. The number of rotatable bonds is 6. The minimum atomic E-state index is -0.717. The van der Waals surface area contributed by atoms with Gasteiger partial charge in [-0.25, -0.2) is 4.79 Å². The molecule has 136 valence electrons. The van der Waals surface area contributed by atoms with Crippen LogP contribution in [0, 0.1) is 13.8 Å². The molecule has 0 aliphatic rings. The Kier molecular flexibility index (Phi) is 5.71. The highest BCUT2D eigenvalue weighted by atomic mass is 16.5. The molecule has 1 aromatic heterocycles. The van der Waals surface area contributed by atoms with Crippen molar-refractivity contribution in [3.63, 3.8) is 0 Å². The number of H-pyrrole nitrogens is 1. The Morgan fingerprint density at radius 2 is 1.77 bits per heavy atom. The predicted octanol–water partition coefficient (Wildman–Crippen LogP) is 2.83. The van der Waals surface area contributed by atoms with E-state index in [1.54, 1.807) is 38.1 Å². The largest absolute Gasteiger partial charge is 0.451 e. The van der Waals surface area contributed by atoms with Crippen molar-refractivity contribution >= 4 is 29.1 Å². The van der Waals surface area contributed by atoms with E-state index in [4.69, 9.17) is 4.74 Å². The van der Waals surface area contributed by atoms with E-state index in [1.807, 2.05) is 0 Å². The van der Waals surface area contributed by atoms with Crippen LogP contribution in [-0.4, -0.2) is 35.0 Å². The minimum Gasteiger partial charge on any atom is -0.451 e. The normalized spacial score (nSPS) is 10.3. The molecule has 2 rings (SSSR count). The maximum absolute atomic E-state index is 12.2. The Hall–Kier alpha value is -3.22. The Morgan fingerprint density at radius 3 is 2.35 bits per heavy atom. The summed E-state index contributed by atoms with van der Waals surface area (Å²) in [6, 6.07) is 6.46. The van der Waals surface area contributed by atoms with E-state index in [0.717, 1.165) is 0 Å². The fraction of sp³-hybridized carbons (Fsp3) is 0.263. The lowest BCUT2D eigenvalue weighted by molar-refractivity contribution is -0.119. The van der Waals surface area contributed by atoms with Gasteiger partial charge in [0.15, 0.2) is 18.2 Å². The summed E-state index contributed by atoms with van der Waals surface area (Å²) in [6.07, 6.45) is 0. The van der Waals surface area contributed by atoms with E-state index >= 15 is 0 Å². The van der Waals surface area contributed by atoms with Crippen molar-refractivity contribution in [3.8, 4) is 0 Å². The smallest absolute Gasteiger partial charge is 0.355 e. The highest BCUT2D eigenvalue weighted by Crippen LogP contribution is 2.19. The van der Waals surface area contributed by atoms with Crippen LogP contribution in [0.3, 0.4) is 0 Å². The number of esters is 1. The van der Waals surface area contributed by atoms with E-state index < -0.39 is 18.5 Å². The van der Waals surface area contributed by atoms with E-state index in [-0.39, 0.29) is 17.3 Å². The van der Waals surface area contributed by atoms with E-state index in [9.17, 15) is 19.2 Å². The van der Waals surface area contributed by atoms with Gasteiger partial charge < -0.3 is 15.0 Å². The standard InChI is InChI=1S/C19H20N2O5/c1-10-17(13(4)23)11(2)20-18(10)19(25)26-9-16(24)21-15-7-5-6-14(8-15)12(3)22/h5-8,20H,9H2,1-4H3,(H,21,24). The third kappa shape index (κ3) is 4.24. The lowest BCUT2D eigenvalue weighted by Gasteiger charge is -2.07. The van der Waals surface area contributed by atoms with Crippen molar-refractivity contribution in [2.45, 2.75) is 27.7 Å². The zero-order chi connectivity index (χ0) is 19.4. The van der Waals surface area contributed by atoms with Crippen molar-refractivity contribution in [2.75, 3.05) is 11.9 Å². The maximum Gasteiger partial charge on any atom is 0.355 e. The van der Waals surface area contributed by atoms with Gasteiger partial charge in [0.2, 0.25) is 0 Å². The van der Waals surface area contributed by atoms with Crippen LogP contribution in [0.2, 0.25) is 0 Å².